The summed E-state index contributed by atoms with van der Waals surface area (Å²) in [6.45, 7) is 5.32. The highest BCUT2D eigenvalue weighted by molar-refractivity contribution is 5.80. The second-order valence-electron chi connectivity index (χ2n) is 9.65. The second kappa shape index (κ2) is 7.19. The molecule has 0 spiro atoms. The molecule has 1 aromatic carbocycles. The number of anilines is 1. The predicted molar refractivity (Wildman–Crippen MR) is 124 cm³/mol. The number of benzene rings is 1. The number of fused-ring (bicyclic) bond motifs is 3. The van der Waals surface area contributed by atoms with E-state index in [4.69, 9.17) is 24.7 Å². The van der Waals surface area contributed by atoms with E-state index in [1.807, 2.05) is 36.6 Å². The molecule has 3 fully saturated rings. The quantitative estimate of drug-likeness (QED) is 0.564. The molecule has 3 saturated carbocycles. The molecule has 4 aliphatic rings. The average molecular weight is 454 g/mol. The molecule has 9 heteroatoms. The van der Waals surface area contributed by atoms with Gasteiger partial charge in [-0.3, -0.25) is 4.57 Å². The fourth-order valence-electron chi connectivity index (χ4n) is 5.53. The van der Waals surface area contributed by atoms with Crippen molar-refractivity contribution in [1.29, 1.82) is 10.5 Å². The summed E-state index contributed by atoms with van der Waals surface area (Å²) < 4.78 is 14.1. The van der Waals surface area contributed by atoms with Gasteiger partial charge in [-0.05, 0) is 74.4 Å². The molecule has 2 bridgehead atoms. The van der Waals surface area contributed by atoms with Gasteiger partial charge in [0.2, 0.25) is 5.95 Å². The Bertz CT molecular complexity index is 1410. The molecule has 170 valence electrons. The first-order valence-corrected chi connectivity index (χ1v) is 11.4. The highest BCUT2D eigenvalue weighted by Gasteiger charge is 2.69. The number of imidazole rings is 1. The Morgan fingerprint density at radius 3 is 2.62 bits per heavy atom. The predicted octanol–water partition coefficient (Wildman–Crippen LogP) is 4.41. The van der Waals surface area contributed by atoms with Crippen LogP contribution in [0.2, 0.25) is 0 Å². The zero-order chi connectivity index (χ0) is 23.5. The van der Waals surface area contributed by atoms with Crippen molar-refractivity contribution in [3.63, 3.8) is 0 Å². The summed E-state index contributed by atoms with van der Waals surface area (Å²) in [6, 6.07) is 8.92. The number of ether oxygens (including phenoxy) is 2. The third kappa shape index (κ3) is 3.08. The van der Waals surface area contributed by atoms with Crippen LogP contribution in [0.5, 0.6) is 17.6 Å². The molecule has 0 unspecified atom stereocenters. The zero-order valence-electron chi connectivity index (χ0n) is 19.1. The first kappa shape index (κ1) is 20.5. The maximum Gasteiger partial charge on any atom is 0.298 e. The Kier molecular flexibility index (Phi) is 4.34. The molecule has 9 nitrogen and oxygen atoms in total. The molecule has 3 aromatic rings. The summed E-state index contributed by atoms with van der Waals surface area (Å²) in [5, 5.41) is 21.7. The normalized spacial score (nSPS) is 24.4. The van der Waals surface area contributed by atoms with E-state index in [1.165, 1.54) is 6.08 Å². The van der Waals surface area contributed by atoms with Crippen LogP contribution in [-0.4, -0.2) is 31.7 Å². The van der Waals surface area contributed by atoms with E-state index in [0.717, 1.165) is 48.9 Å². The van der Waals surface area contributed by atoms with E-state index in [0.29, 0.717) is 41.4 Å². The number of nitriles is 2. The lowest BCUT2D eigenvalue weighted by Crippen LogP contribution is -2.70. The van der Waals surface area contributed by atoms with E-state index in [2.05, 4.69) is 16.4 Å². The number of aryl methyl sites for hydroxylation is 3. The number of nitrogens with one attached hydrogen (secondary N) is 1. The first-order chi connectivity index (χ1) is 16.4. The molecule has 34 heavy (non-hydrogen) atoms. The minimum absolute atomic E-state index is 0.109. The highest BCUT2D eigenvalue weighted by atomic mass is 16.5. The van der Waals surface area contributed by atoms with E-state index in [-0.39, 0.29) is 11.0 Å². The number of rotatable bonds is 5. The lowest BCUT2D eigenvalue weighted by Gasteiger charge is -2.66. The number of allylic oxidation sites excluding steroid dienone is 1. The van der Waals surface area contributed by atoms with Gasteiger partial charge in [0.25, 0.3) is 11.9 Å². The van der Waals surface area contributed by atoms with Crippen molar-refractivity contribution < 1.29 is 9.47 Å². The summed E-state index contributed by atoms with van der Waals surface area (Å²) in [5.41, 5.74) is 3.73. The molecule has 3 heterocycles. The highest BCUT2D eigenvalue weighted by Crippen LogP contribution is 2.67. The Balaban J connectivity index is 1.40. The molecule has 0 amide bonds. The fourth-order valence-corrected chi connectivity index (χ4v) is 5.53. The van der Waals surface area contributed by atoms with Gasteiger partial charge in [0.05, 0.1) is 24.2 Å². The summed E-state index contributed by atoms with van der Waals surface area (Å²) in [4.78, 5) is 14.1. The monoisotopic (exact) mass is 453 g/mol. The molecular weight excluding hydrogens is 430 g/mol. The first-order valence-electron chi connectivity index (χ1n) is 11.4. The van der Waals surface area contributed by atoms with Gasteiger partial charge in [-0.2, -0.15) is 25.5 Å². The van der Waals surface area contributed by atoms with Gasteiger partial charge < -0.3 is 14.8 Å². The lowest BCUT2D eigenvalue weighted by molar-refractivity contribution is -0.0665. The Labute approximate surface area is 196 Å². The van der Waals surface area contributed by atoms with Crippen LogP contribution in [0.25, 0.3) is 17.2 Å². The molecule has 0 atom stereocenters. The fraction of sp³-hybridized carbons (Fsp3) is 0.400. The summed E-state index contributed by atoms with van der Waals surface area (Å²) in [5.74, 6) is 1.54. The Morgan fingerprint density at radius 1 is 1.15 bits per heavy atom. The van der Waals surface area contributed by atoms with E-state index >= 15 is 0 Å². The molecule has 7 rings (SSSR count). The maximum absolute atomic E-state index is 9.36. The van der Waals surface area contributed by atoms with E-state index in [9.17, 15) is 5.26 Å². The Morgan fingerprint density at radius 2 is 1.91 bits per heavy atom. The van der Waals surface area contributed by atoms with Crippen molar-refractivity contribution in [1.82, 2.24) is 19.5 Å². The molecule has 1 N–H and O–H groups in total. The van der Waals surface area contributed by atoms with Crippen LogP contribution < -0.4 is 14.8 Å². The number of nitrogens with zero attached hydrogens (tertiary/aromatic N) is 6. The van der Waals surface area contributed by atoms with Crippen LogP contribution in [0.3, 0.4) is 0 Å². The molecule has 1 aliphatic heterocycles. The van der Waals surface area contributed by atoms with Crippen LogP contribution in [-0.2, 0) is 6.54 Å². The largest absolute Gasteiger partial charge is 0.465 e. The van der Waals surface area contributed by atoms with Gasteiger partial charge >= 0.3 is 0 Å². The van der Waals surface area contributed by atoms with Gasteiger partial charge in [0, 0.05) is 18.2 Å². The van der Waals surface area contributed by atoms with E-state index < -0.39 is 0 Å². The van der Waals surface area contributed by atoms with Crippen molar-refractivity contribution in [3.8, 4) is 29.8 Å². The standard InChI is InChI=1S/C25H23N7O2/c1-15-9-17(5-3-6-26)10-16(2)19(15)34-21-18-20(32-7-4-8-33-23(32)28-18)29-22(30-21)31-25-11-24(12-25,13-25)14-27/h3,5,9-10H,4,7-8,11-13H2,1-2H3,(H,29,30,31)/b5-3+. The van der Waals surface area contributed by atoms with Gasteiger partial charge in [0.1, 0.15) is 5.75 Å². The number of aromatic nitrogens is 4. The molecule has 0 radical (unpaired) electrons. The van der Waals surface area contributed by atoms with Crippen LogP contribution in [0.15, 0.2) is 18.2 Å². The third-order valence-corrected chi connectivity index (χ3v) is 6.96. The SMILES string of the molecule is Cc1cc(/C=C/C#N)cc(C)c1Oc1nc(NC23CC(C#N)(C2)C3)nc2c1nc1n2CCCO1. The summed E-state index contributed by atoms with van der Waals surface area (Å²) >= 11 is 0. The average Bonchev–Trinajstić information content (AvgIpc) is 3.15. The number of hydrogen-bond donors (Lipinski definition) is 1. The summed E-state index contributed by atoms with van der Waals surface area (Å²) in [7, 11) is 0. The third-order valence-electron chi connectivity index (χ3n) is 6.96. The maximum atomic E-state index is 9.36. The second-order valence-corrected chi connectivity index (χ2v) is 9.65. The van der Waals surface area contributed by atoms with Crippen molar-refractivity contribution in [2.45, 2.75) is 51.6 Å². The van der Waals surface area contributed by atoms with Crippen LogP contribution in [0.1, 0.15) is 42.4 Å². The Hall–Kier alpha value is -4.11. The van der Waals surface area contributed by atoms with Gasteiger partial charge in [-0.1, -0.05) is 0 Å². The minimum Gasteiger partial charge on any atom is -0.465 e. The van der Waals surface area contributed by atoms with Crippen LogP contribution in [0.4, 0.5) is 5.95 Å². The van der Waals surface area contributed by atoms with Crippen molar-refractivity contribution in [2.75, 3.05) is 11.9 Å². The zero-order valence-corrected chi connectivity index (χ0v) is 19.1. The van der Waals surface area contributed by atoms with Crippen molar-refractivity contribution in [3.05, 3.63) is 34.9 Å². The summed E-state index contributed by atoms with van der Waals surface area (Å²) in [6.07, 6.45) is 6.56. The van der Waals surface area contributed by atoms with Crippen LogP contribution in [0, 0.1) is 41.9 Å². The molecule has 0 saturated heterocycles. The van der Waals surface area contributed by atoms with Crippen LogP contribution >= 0.6 is 0 Å². The lowest BCUT2D eigenvalue weighted by atomic mass is 9.40. The van der Waals surface area contributed by atoms with Gasteiger partial charge in [0.15, 0.2) is 11.2 Å². The topological polar surface area (TPSA) is 122 Å². The molecule has 3 aliphatic carbocycles. The molecular formula is C25H23N7O2. The van der Waals surface area contributed by atoms with E-state index in [1.54, 1.807) is 6.08 Å². The number of hydrogen-bond acceptors (Lipinski definition) is 8. The van der Waals surface area contributed by atoms with Gasteiger partial charge in [-0.25, -0.2) is 0 Å². The molecule has 2 aromatic heterocycles. The minimum atomic E-state index is -0.171. The smallest absolute Gasteiger partial charge is 0.298 e. The van der Waals surface area contributed by atoms with Crippen molar-refractivity contribution >= 4 is 23.2 Å². The van der Waals surface area contributed by atoms with Gasteiger partial charge in [-0.15, -0.1) is 0 Å². The van der Waals surface area contributed by atoms with Crippen molar-refractivity contribution in [2.24, 2.45) is 5.41 Å².